The molecule has 2 N–H and O–H groups in total. The molecule has 0 bridgehead atoms. The van der Waals surface area contributed by atoms with Crippen LogP contribution in [0.3, 0.4) is 0 Å². The lowest BCUT2D eigenvalue weighted by Gasteiger charge is -2.21. The highest BCUT2D eigenvalue weighted by Crippen LogP contribution is 2.28. The monoisotopic (exact) mass is 415 g/mol. The van der Waals surface area contributed by atoms with Crippen LogP contribution in [-0.2, 0) is 6.54 Å². The maximum absolute atomic E-state index is 13.7. The summed E-state index contributed by atoms with van der Waals surface area (Å²) in [5, 5.41) is 5.49. The number of pyridine rings is 1. The summed E-state index contributed by atoms with van der Waals surface area (Å²) in [4.78, 5) is 24.1. The molecule has 3 rings (SSSR count). The Morgan fingerprint density at radius 1 is 1.48 bits per heavy atom. The van der Waals surface area contributed by atoms with E-state index in [1.807, 2.05) is 0 Å². The van der Waals surface area contributed by atoms with Crippen LogP contribution in [0.15, 0.2) is 23.1 Å². The van der Waals surface area contributed by atoms with E-state index < -0.39 is 30.3 Å². The zero-order valence-electron chi connectivity index (χ0n) is 13.7. The summed E-state index contributed by atoms with van der Waals surface area (Å²) in [5.74, 6) is 4.04. The Morgan fingerprint density at radius 2 is 2.22 bits per heavy atom. The Balaban J connectivity index is 1.78. The summed E-state index contributed by atoms with van der Waals surface area (Å²) < 4.78 is 39.5. The van der Waals surface area contributed by atoms with Crippen LogP contribution in [0.5, 0.6) is 0 Å². The number of amides is 1. The molecule has 2 aromatic heterocycles. The highest BCUT2D eigenvalue weighted by Gasteiger charge is 2.17. The SMILES string of the molecule is O=C(Nc1cc(F)c(=O)n(CC(F)F)c1)c1cc(C#CC2CCN2)c(Cl)s1. The first kappa shape index (κ1) is 19.5. The van der Waals surface area contributed by atoms with Gasteiger partial charge in [-0.05, 0) is 19.0 Å². The molecule has 1 fully saturated rings. The minimum Gasteiger partial charge on any atom is -0.320 e. The number of carbonyl (C=O) groups is 1. The van der Waals surface area contributed by atoms with Crippen LogP contribution in [-0.4, -0.2) is 29.5 Å². The van der Waals surface area contributed by atoms with Crippen molar-refractivity contribution in [3.63, 3.8) is 0 Å². The number of rotatable bonds is 4. The van der Waals surface area contributed by atoms with E-state index in [9.17, 15) is 22.8 Å². The summed E-state index contributed by atoms with van der Waals surface area (Å²) in [5.41, 5.74) is -0.808. The van der Waals surface area contributed by atoms with Crippen LogP contribution in [0.25, 0.3) is 0 Å². The van der Waals surface area contributed by atoms with Gasteiger partial charge < -0.3 is 15.2 Å². The normalized spacial score (nSPS) is 15.8. The lowest BCUT2D eigenvalue weighted by molar-refractivity contribution is 0.103. The lowest BCUT2D eigenvalue weighted by atomic mass is 10.1. The fraction of sp³-hybridized carbons (Fsp3) is 0.294. The number of anilines is 1. The largest absolute Gasteiger partial charge is 0.320 e. The first-order valence-corrected chi connectivity index (χ1v) is 9.06. The molecule has 27 heavy (non-hydrogen) atoms. The Morgan fingerprint density at radius 3 is 2.85 bits per heavy atom. The van der Waals surface area contributed by atoms with Crippen LogP contribution < -0.4 is 16.2 Å². The standard InChI is InChI=1S/C17H13ClF3N3O2S/c18-15-9(1-2-10-3-4-22-10)5-13(27-15)16(25)23-11-6-12(19)17(26)24(7-11)8-14(20)21/h5-7,10,14,22H,3-4,8H2,(H,23,25). The van der Waals surface area contributed by atoms with E-state index in [1.165, 1.54) is 6.07 Å². The Kier molecular flexibility index (Phi) is 5.89. The number of nitrogens with zero attached hydrogens (tertiary/aromatic N) is 1. The highest BCUT2D eigenvalue weighted by molar-refractivity contribution is 7.18. The molecule has 0 saturated carbocycles. The number of aromatic nitrogens is 1. The zero-order valence-corrected chi connectivity index (χ0v) is 15.3. The number of hydrogen-bond acceptors (Lipinski definition) is 4. The van der Waals surface area contributed by atoms with Crippen molar-refractivity contribution in [1.82, 2.24) is 9.88 Å². The predicted molar refractivity (Wildman–Crippen MR) is 97.2 cm³/mol. The van der Waals surface area contributed by atoms with E-state index in [0.717, 1.165) is 36.6 Å². The van der Waals surface area contributed by atoms with Gasteiger partial charge in [-0.3, -0.25) is 9.59 Å². The highest BCUT2D eigenvalue weighted by atomic mass is 35.5. The van der Waals surface area contributed by atoms with Gasteiger partial charge in [0.2, 0.25) is 0 Å². The quantitative estimate of drug-likeness (QED) is 0.755. The molecule has 1 aliphatic rings. The molecule has 142 valence electrons. The topological polar surface area (TPSA) is 63.1 Å². The number of thiophene rings is 1. The van der Waals surface area contributed by atoms with Crippen LogP contribution in [0.1, 0.15) is 21.7 Å². The molecule has 1 unspecified atom stereocenters. The van der Waals surface area contributed by atoms with Crippen molar-refractivity contribution in [1.29, 1.82) is 0 Å². The second-order valence-corrected chi connectivity index (χ2v) is 7.40. The number of nitrogens with one attached hydrogen (secondary N) is 2. The zero-order chi connectivity index (χ0) is 19.6. The van der Waals surface area contributed by atoms with E-state index in [0.29, 0.717) is 14.5 Å². The van der Waals surface area contributed by atoms with Crippen LogP contribution in [0.4, 0.5) is 18.9 Å². The predicted octanol–water partition coefficient (Wildman–Crippen LogP) is 2.93. The molecule has 1 amide bonds. The van der Waals surface area contributed by atoms with Gasteiger partial charge in [-0.2, -0.15) is 0 Å². The van der Waals surface area contributed by atoms with Gasteiger partial charge in [-0.1, -0.05) is 23.4 Å². The van der Waals surface area contributed by atoms with Gasteiger partial charge in [0.25, 0.3) is 17.9 Å². The van der Waals surface area contributed by atoms with Crippen molar-refractivity contribution >= 4 is 34.5 Å². The molecule has 5 nitrogen and oxygen atoms in total. The smallest absolute Gasteiger partial charge is 0.286 e. The maximum Gasteiger partial charge on any atom is 0.286 e. The molecule has 0 spiro atoms. The molecule has 0 aromatic carbocycles. The Labute approximate surface area is 161 Å². The second kappa shape index (κ2) is 8.17. The van der Waals surface area contributed by atoms with Gasteiger partial charge in [-0.25, -0.2) is 13.2 Å². The Hall–Kier alpha value is -2.28. The van der Waals surface area contributed by atoms with Gasteiger partial charge in [0, 0.05) is 12.3 Å². The van der Waals surface area contributed by atoms with Crippen LogP contribution in [0.2, 0.25) is 4.34 Å². The third-order valence-electron chi connectivity index (χ3n) is 3.75. The third-order valence-corrected chi connectivity index (χ3v) is 5.11. The molecule has 1 saturated heterocycles. The maximum atomic E-state index is 13.7. The molecule has 0 radical (unpaired) electrons. The van der Waals surface area contributed by atoms with Gasteiger partial charge in [0.1, 0.15) is 4.34 Å². The summed E-state index contributed by atoms with van der Waals surface area (Å²) in [6.45, 7) is -0.0616. The van der Waals surface area contributed by atoms with Crippen LogP contribution >= 0.6 is 22.9 Å². The van der Waals surface area contributed by atoms with Crippen LogP contribution in [0, 0.1) is 17.7 Å². The van der Waals surface area contributed by atoms with Crippen molar-refractivity contribution < 1.29 is 18.0 Å². The lowest BCUT2D eigenvalue weighted by Crippen LogP contribution is -2.41. The van der Waals surface area contributed by atoms with Crippen molar-refractivity contribution in [2.75, 3.05) is 11.9 Å². The van der Waals surface area contributed by atoms with Crippen molar-refractivity contribution in [3.8, 4) is 11.8 Å². The molecule has 0 aliphatic carbocycles. The molecular formula is C17H13ClF3N3O2S. The summed E-state index contributed by atoms with van der Waals surface area (Å²) in [6, 6.07) is 2.39. The van der Waals surface area contributed by atoms with Gasteiger partial charge >= 0.3 is 0 Å². The van der Waals surface area contributed by atoms with E-state index in [1.54, 1.807) is 0 Å². The Bertz CT molecular complexity index is 990. The van der Waals surface area contributed by atoms with Gasteiger partial charge in [0.15, 0.2) is 5.82 Å². The van der Waals surface area contributed by atoms with E-state index in [-0.39, 0.29) is 16.6 Å². The van der Waals surface area contributed by atoms with Gasteiger partial charge in [0.05, 0.1) is 28.7 Å². The second-order valence-electron chi connectivity index (χ2n) is 5.74. The fourth-order valence-electron chi connectivity index (χ4n) is 2.29. The van der Waals surface area contributed by atoms with E-state index in [2.05, 4.69) is 22.5 Å². The summed E-state index contributed by atoms with van der Waals surface area (Å²) >= 11 is 7.08. The first-order valence-electron chi connectivity index (χ1n) is 7.87. The van der Waals surface area contributed by atoms with E-state index in [4.69, 9.17) is 11.6 Å². The number of halogens is 4. The first-order chi connectivity index (χ1) is 12.8. The van der Waals surface area contributed by atoms with Crippen molar-refractivity contribution in [2.45, 2.75) is 25.4 Å². The number of alkyl halides is 2. The fourth-order valence-corrected chi connectivity index (χ4v) is 3.37. The minimum atomic E-state index is -2.84. The van der Waals surface area contributed by atoms with Crippen molar-refractivity contribution in [2.24, 2.45) is 0 Å². The summed E-state index contributed by atoms with van der Waals surface area (Å²) in [6.07, 6.45) is -0.925. The van der Waals surface area contributed by atoms with Crippen molar-refractivity contribution in [3.05, 3.63) is 49.3 Å². The molecule has 3 heterocycles. The molecule has 2 aromatic rings. The molecule has 1 aliphatic heterocycles. The number of carbonyl (C=O) groups excluding carboxylic acids is 1. The summed E-state index contributed by atoms with van der Waals surface area (Å²) in [7, 11) is 0. The average Bonchev–Trinajstić information content (AvgIpc) is 2.91. The molecule has 1 atom stereocenters. The average molecular weight is 416 g/mol. The third kappa shape index (κ3) is 4.71. The van der Waals surface area contributed by atoms with Gasteiger partial charge in [-0.15, -0.1) is 11.3 Å². The number of hydrogen-bond donors (Lipinski definition) is 2. The van der Waals surface area contributed by atoms with E-state index >= 15 is 0 Å². The minimum absolute atomic E-state index is 0.108. The molecule has 10 heteroatoms. The molecular weight excluding hydrogens is 403 g/mol.